The molecule has 0 atom stereocenters. The highest BCUT2D eigenvalue weighted by atomic mass is 19.1. The molecular weight excluding hydrogens is 256 g/mol. The molecule has 1 heterocycles. The molecule has 2 rings (SSSR count). The number of rotatable bonds is 3. The van der Waals surface area contributed by atoms with Gasteiger partial charge >= 0.3 is 0 Å². The van der Waals surface area contributed by atoms with Crippen molar-refractivity contribution in [2.75, 3.05) is 7.05 Å². The van der Waals surface area contributed by atoms with Crippen LogP contribution in [0.3, 0.4) is 0 Å². The highest BCUT2D eigenvalue weighted by Crippen LogP contribution is 2.19. The van der Waals surface area contributed by atoms with E-state index >= 15 is 0 Å². The van der Waals surface area contributed by atoms with E-state index in [1.165, 1.54) is 19.3 Å². The molecule has 7 heteroatoms. The first-order valence-electron chi connectivity index (χ1n) is 5.43. The Morgan fingerprint density at radius 2 is 2.05 bits per heavy atom. The number of aliphatic hydroxyl groups is 1. The maximum absolute atomic E-state index is 13.8. The van der Waals surface area contributed by atoms with Crippen molar-refractivity contribution in [1.82, 2.24) is 15.1 Å². The Morgan fingerprint density at radius 1 is 1.42 bits per heavy atom. The highest BCUT2D eigenvalue weighted by Gasteiger charge is 2.16. The maximum Gasteiger partial charge on any atom is 0.271 e. The van der Waals surface area contributed by atoms with E-state index in [2.05, 4.69) is 10.4 Å². The molecule has 1 aromatic heterocycles. The zero-order chi connectivity index (χ0) is 14.0. The van der Waals surface area contributed by atoms with E-state index in [-0.39, 0.29) is 11.3 Å². The number of nitrogens with one attached hydrogen (secondary N) is 1. The first-order valence-corrected chi connectivity index (χ1v) is 5.43. The van der Waals surface area contributed by atoms with E-state index in [0.29, 0.717) is 0 Å². The lowest BCUT2D eigenvalue weighted by atomic mass is 10.2. The Morgan fingerprint density at radius 3 is 2.58 bits per heavy atom. The normalized spacial score (nSPS) is 10.5. The first-order chi connectivity index (χ1) is 9.06. The van der Waals surface area contributed by atoms with Crippen LogP contribution in [0, 0.1) is 11.6 Å². The van der Waals surface area contributed by atoms with Crippen LogP contribution in [0.2, 0.25) is 0 Å². The molecule has 2 aromatic rings. The minimum atomic E-state index is -0.865. The SMILES string of the molecule is CNC(=O)c1ccn(-c2c(F)cc(CO)cc2F)n1. The van der Waals surface area contributed by atoms with Crippen LogP contribution in [-0.2, 0) is 6.61 Å². The average molecular weight is 267 g/mol. The van der Waals surface area contributed by atoms with Crippen molar-refractivity contribution in [2.24, 2.45) is 0 Å². The van der Waals surface area contributed by atoms with Crippen molar-refractivity contribution >= 4 is 5.91 Å². The number of carbonyl (C=O) groups excluding carboxylic acids is 1. The summed E-state index contributed by atoms with van der Waals surface area (Å²) in [5, 5.41) is 15.0. The van der Waals surface area contributed by atoms with Crippen LogP contribution in [0.1, 0.15) is 16.1 Å². The Kier molecular flexibility index (Phi) is 3.57. The fraction of sp³-hybridized carbons (Fsp3) is 0.167. The van der Waals surface area contributed by atoms with Crippen molar-refractivity contribution in [1.29, 1.82) is 0 Å². The number of hydrogen-bond acceptors (Lipinski definition) is 3. The Hall–Kier alpha value is -2.28. The van der Waals surface area contributed by atoms with Gasteiger partial charge in [-0.15, -0.1) is 0 Å². The van der Waals surface area contributed by atoms with Crippen molar-refractivity contribution in [2.45, 2.75) is 6.61 Å². The zero-order valence-electron chi connectivity index (χ0n) is 10.0. The van der Waals surface area contributed by atoms with Crippen LogP contribution in [0.25, 0.3) is 5.69 Å². The monoisotopic (exact) mass is 267 g/mol. The second kappa shape index (κ2) is 5.15. The third kappa shape index (κ3) is 2.45. The quantitative estimate of drug-likeness (QED) is 0.872. The largest absolute Gasteiger partial charge is 0.392 e. The van der Waals surface area contributed by atoms with Gasteiger partial charge in [0.05, 0.1) is 6.61 Å². The van der Waals surface area contributed by atoms with Gasteiger partial charge in [-0.2, -0.15) is 5.10 Å². The number of aliphatic hydroxyl groups excluding tert-OH is 1. The fourth-order valence-corrected chi connectivity index (χ4v) is 1.63. The van der Waals surface area contributed by atoms with E-state index in [1.54, 1.807) is 0 Å². The summed E-state index contributed by atoms with van der Waals surface area (Å²) in [5.74, 6) is -2.18. The number of halogens is 2. The minimum absolute atomic E-state index is 0.0486. The highest BCUT2D eigenvalue weighted by molar-refractivity contribution is 5.91. The van der Waals surface area contributed by atoms with E-state index in [4.69, 9.17) is 5.11 Å². The van der Waals surface area contributed by atoms with Crippen LogP contribution < -0.4 is 5.32 Å². The van der Waals surface area contributed by atoms with Gasteiger partial charge in [-0.3, -0.25) is 4.79 Å². The number of amides is 1. The Labute approximate surface area is 107 Å². The molecule has 0 aliphatic carbocycles. The molecule has 19 heavy (non-hydrogen) atoms. The summed E-state index contributed by atoms with van der Waals surface area (Å²) in [4.78, 5) is 11.3. The molecule has 100 valence electrons. The molecule has 0 saturated carbocycles. The average Bonchev–Trinajstić information content (AvgIpc) is 2.86. The van der Waals surface area contributed by atoms with Gasteiger partial charge in [-0.05, 0) is 23.8 Å². The molecular formula is C12H11F2N3O2. The number of aromatic nitrogens is 2. The summed E-state index contributed by atoms with van der Waals surface area (Å²) in [6.07, 6.45) is 1.28. The predicted molar refractivity (Wildman–Crippen MR) is 62.8 cm³/mol. The zero-order valence-corrected chi connectivity index (χ0v) is 10.0. The molecule has 1 amide bonds. The standard InChI is InChI=1S/C12H11F2N3O2/c1-15-12(19)10-2-3-17(16-10)11-8(13)4-7(6-18)5-9(11)14/h2-5,18H,6H2,1H3,(H,15,19). The van der Waals surface area contributed by atoms with Gasteiger partial charge in [0.1, 0.15) is 5.69 Å². The minimum Gasteiger partial charge on any atom is -0.392 e. The number of nitrogens with zero attached hydrogens (tertiary/aromatic N) is 2. The fourth-order valence-electron chi connectivity index (χ4n) is 1.63. The van der Waals surface area contributed by atoms with Crippen LogP contribution in [0.4, 0.5) is 8.78 Å². The molecule has 0 radical (unpaired) electrons. The van der Waals surface area contributed by atoms with Gasteiger partial charge in [0.25, 0.3) is 5.91 Å². The van der Waals surface area contributed by atoms with Crippen molar-refractivity contribution in [3.63, 3.8) is 0 Å². The Bertz CT molecular complexity index is 602. The van der Waals surface area contributed by atoms with Gasteiger partial charge in [-0.1, -0.05) is 0 Å². The van der Waals surface area contributed by atoms with E-state index in [1.807, 2.05) is 0 Å². The molecule has 5 nitrogen and oxygen atoms in total. The summed E-state index contributed by atoms with van der Waals surface area (Å²) in [6.45, 7) is -0.462. The third-order valence-corrected chi connectivity index (χ3v) is 2.54. The van der Waals surface area contributed by atoms with Crippen LogP contribution in [0.15, 0.2) is 24.4 Å². The molecule has 0 aliphatic heterocycles. The lowest BCUT2D eigenvalue weighted by Crippen LogP contribution is -2.18. The van der Waals surface area contributed by atoms with Gasteiger partial charge in [-0.25, -0.2) is 13.5 Å². The number of hydrogen-bond donors (Lipinski definition) is 2. The smallest absolute Gasteiger partial charge is 0.271 e. The molecule has 0 saturated heterocycles. The molecule has 0 fully saturated rings. The van der Waals surface area contributed by atoms with Gasteiger partial charge in [0.2, 0.25) is 0 Å². The lowest BCUT2D eigenvalue weighted by Gasteiger charge is -2.06. The van der Waals surface area contributed by atoms with Crippen molar-refractivity contribution in [3.05, 3.63) is 47.3 Å². The number of carbonyl (C=O) groups is 1. The molecule has 0 aliphatic rings. The van der Waals surface area contributed by atoms with Crippen molar-refractivity contribution < 1.29 is 18.7 Å². The summed E-state index contributed by atoms with van der Waals surface area (Å²) in [5.41, 5.74) is -0.225. The molecule has 1 aromatic carbocycles. The lowest BCUT2D eigenvalue weighted by molar-refractivity contribution is 0.0957. The summed E-state index contributed by atoms with van der Waals surface area (Å²) in [6, 6.07) is 3.37. The summed E-state index contributed by atoms with van der Waals surface area (Å²) < 4.78 is 28.5. The van der Waals surface area contributed by atoms with Gasteiger partial charge in [0, 0.05) is 13.2 Å². The van der Waals surface area contributed by atoms with E-state index in [0.717, 1.165) is 16.8 Å². The topological polar surface area (TPSA) is 67.2 Å². The molecule has 0 unspecified atom stereocenters. The van der Waals surface area contributed by atoms with Crippen LogP contribution in [-0.4, -0.2) is 27.8 Å². The van der Waals surface area contributed by atoms with Gasteiger partial charge in [0.15, 0.2) is 17.3 Å². The van der Waals surface area contributed by atoms with Crippen LogP contribution in [0.5, 0.6) is 0 Å². The molecule has 0 bridgehead atoms. The van der Waals surface area contributed by atoms with E-state index in [9.17, 15) is 13.6 Å². The van der Waals surface area contributed by atoms with Gasteiger partial charge < -0.3 is 10.4 Å². The first kappa shape index (κ1) is 13.2. The predicted octanol–water partition coefficient (Wildman–Crippen LogP) is 1.00. The summed E-state index contributed by atoms with van der Waals surface area (Å²) in [7, 11) is 1.43. The van der Waals surface area contributed by atoms with E-state index < -0.39 is 29.8 Å². The van der Waals surface area contributed by atoms with Crippen molar-refractivity contribution in [3.8, 4) is 5.69 Å². The second-order valence-electron chi connectivity index (χ2n) is 3.79. The Balaban J connectivity index is 2.47. The molecule has 2 N–H and O–H groups in total. The molecule has 0 spiro atoms. The van der Waals surface area contributed by atoms with Crippen LogP contribution >= 0.6 is 0 Å². The number of benzene rings is 1. The maximum atomic E-state index is 13.8. The third-order valence-electron chi connectivity index (χ3n) is 2.54. The summed E-state index contributed by atoms with van der Waals surface area (Å²) >= 11 is 0. The second-order valence-corrected chi connectivity index (χ2v) is 3.79.